The van der Waals surface area contributed by atoms with E-state index < -0.39 is 23.7 Å². The van der Waals surface area contributed by atoms with Crippen molar-refractivity contribution in [3.05, 3.63) is 83.2 Å². The number of hydrogen-bond acceptors (Lipinski definition) is 11. The summed E-state index contributed by atoms with van der Waals surface area (Å²) in [5.74, 6) is 6.52. The molecule has 3 aromatic heterocycles. The molecule has 2 saturated carbocycles. The molecule has 0 radical (unpaired) electrons. The number of aliphatic hydroxyl groups is 2. The van der Waals surface area contributed by atoms with E-state index in [-0.39, 0.29) is 11.8 Å². The Morgan fingerprint density at radius 3 is 2.80 bits per heavy atom. The molecule has 3 heterocycles. The van der Waals surface area contributed by atoms with Crippen molar-refractivity contribution in [2.24, 2.45) is 16.3 Å². The van der Waals surface area contributed by atoms with E-state index in [2.05, 4.69) is 60.1 Å². The highest BCUT2D eigenvalue weighted by atomic mass is 35.5. The van der Waals surface area contributed by atoms with E-state index in [1.165, 1.54) is 7.05 Å². The van der Waals surface area contributed by atoms with Crippen molar-refractivity contribution in [1.82, 2.24) is 39.8 Å². The summed E-state index contributed by atoms with van der Waals surface area (Å²) in [5, 5.41) is 39.6. The summed E-state index contributed by atoms with van der Waals surface area (Å²) in [4.78, 5) is 30.8. The van der Waals surface area contributed by atoms with Gasteiger partial charge in [0.2, 0.25) is 11.7 Å². The molecule has 2 aliphatic rings. The van der Waals surface area contributed by atoms with Crippen LogP contribution in [0, 0.1) is 23.2 Å². The lowest BCUT2D eigenvalue weighted by Crippen LogP contribution is -2.41. The van der Waals surface area contributed by atoms with Crippen LogP contribution < -0.4 is 10.6 Å². The summed E-state index contributed by atoms with van der Waals surface area (Å²) in [7, 11) is 1.54. The third-order valence-corrected chi connectivity index (χ3v) is 9.76. The van der Waals surface area contributed by atoms with Gasteiger partial charge in [0, 0.05) is 31.0 Å². The van der Waals surface area contributed by atoms with Gasteiger partial charge in [-0.15, -0.1) is 5.10 Å². The van der Waals surface area contributed by atoms with Crippen LogP contribution >= 0.6 is 23.8 Å². The lowest BCUT2D eigenvalue weighted by atomic mass is 9.98. The summed E-state index contributed by atoms with van der Waals surface area (Å²) < 4.78 is 3.47. The minimum Gasteiger partial charge on any atom is -0.389 e. The number of halogens is 1. The van der Waals surface area contributed by atoms with Crippen LogP contribution in [0.1, 0.15) is 48.8 Å². The van der Waals surface area contributed by atoms with Crippen molar-refractivity contribution in [2.45, 2.75) is 56.9 Å². The Labute approximate surface area is 297 Å². The summed E-state index contributed by atoms with van der Waals surface area (Å²) in [5.41, 5.74) is 3.35. The molecule has 50 heavy (non-hydrogen) atoms. The van der Waals surface area contributed by atoms with E-state index in [1.54, 1.807) is 15.6 Å². The van der Waals surface area contributed by atoms with Crippen LogP contribution in [0.2, 0.25) is 5.02 Å². The number of thiocarbonyl (C=S) groups is 1. The molecule has 7 rings (SSSR count). The maximum absolute atomic E-state index is 12.7. The molecule has 0 aliphatic heterocycles. The van der Waals surface area contributed by atoms with E-state index in [4.69, 9.17) is 21.6 Å². The molecule has 2 fully saturated rings. The predicted molar refractivity (Wildman–Crippen MR) is 190 cm³/mol. The highest BCUT2D eigenvalue weighted by molar-refractivity contribution is 7.78. The van der Waals surface area contributed by atoms with Crippen molar-refractivity contribution in [3.63, 3.8) is 0 Å². The number of isothiocyanates is 1. The molecular formula is C35H33ClN10O3S. The van der Waals surface area contributed by atoms with Crippen LogP contribution in [0.4, 0.5) is 11.5 Å². The Kier molecular flexibility index (Phi) is 9.42. The van der Waals surface area contributed by atoms with E-state index in [9.17, 15) is 15.0 Å². The zero-order valence-electron chi connectivity index (χ0n) is 27.0. The number of aliphatic imine (C=N–C) groups is 1. The number of unbranched alkanes of at least 4 members (excludes halogenated alkanes) is 2. The van der Waals surface area contributed by atoms with E-state index in [0.29, 0.717) is 47.2 Å². The Balaban J connectivity index is 1.06. The highest BCUT2D eigenvalue weighted by Gasteiger charge is 2.75. The number of hydrogen-bond donors (Lipinski definition) is 4. The third-order valence-electron chi connectivity index (χ3n) is 9.43. The number of anilines is 1. The van der Waals surface area contributed by atoms with Gasteiger partial charge in [-0.25, -0.2) is 19.6 Å². The molecule has 5 aromatic rings. The van der Waals surface area contributed by atoms with Crippen molar-refractivity contribution < 1.29 is 15.0 Å². The molecule has 1 amide bonds. The monoisotopic (exact) mass is 708 g/mol. The van der Waals surface area contributed by atoms with Gasteiger partial charge in [-0.1, -0.05) is 34.9 Å². The fraction of sp³-hybridized carbons (Fsp3) is 0.343. The number of nitrogens with one attached hydrogen (secondary N) is 2. The lowest BCUT2D eigenvalue weighted by molar-refractivity contribution is -0.132. The van der Waals surface area contributed by atoms with Crippen LogP contribution in [0.25, 0.3) is 16.9 Å². The normalized spacial score (nSPS) is 21.9. The summed E-state index contributed by atoms with van der Waals surface area (Å²) in [6.07, 6.45) is 4.65. The maximum atomic E-state index is 12.7. The van der Waals surface area contributed by atoms with Gasteiger partial charge in [0.25, 0.3) is 0 Å². The first-order chi connectivity index (χ1) is 24.3. The van der Waals surface area contributed by atoms with E-state index in [1.807, 2.05) is 54.7 Å². The lowest BCUT2D eigenvalue weighted by Gasteiger charge is -2.23. The molecule has 5 atom stereocenters. The van der Waals surface area contributed by atoms with Crippen molar-refractivity contribution >= 4 is 57.6 Å². The van der Waals surface area contributed by atoms with Gasteiger partial charge in [0.1, 0.15) is 6.10 Å². The van der Waals surface area contributed by atoms with E-state index >= 15 is 0 Å². The molecule has 2 aromatic carbocycles. The van der Waals surface area contributed by atoms with E-state index in [0.717, 1.165) is 41.9 Å². The number of aliphatic hydroxyl groups excluding tert-OH is 2. The Morgan fingerprint density at radius 1 is 1.18 bits per heavy atom. The fourth-order valence-corrected chi connectivity index (χ4v) is 7.18. The quantitative estimate of drug-likeness (QED) is 0.0676. The molecule has 254 valence electrons. The number of imidazole rings is 1. The number of rotatable bonds is 11. The number of benzene rings is 2. The molecule has 0 spiro atoms. The average Bonchev–Trinajstić information content (AvgIpc) is 3.35. The van der Waals surface area contributed by atoms with Crippen LogP contribution in [-0.4, -0.2) is 75.1 Å². The number of carbonyl (C=O) groups is 1. The first-order valence-electron chi connectivity index (χ1n) is 16.2. The van der Waals surface area contributed by atoms with Gasteiger partial charge in [-0.05, 0) is 85.8 Å². The Bertz CT molecular complexity index is 2170. The smallest absolute Gasteiger partial charge is 0.229 e. The number of nitrogens with zero attached hydrogens (tertiary/aromatic N) is 8. The standard InChI is InChI=1S/C35H33ClN10O3S/c1-37-34(49)35-16-26(35)29(30(47)31(35)48)45-19-39-28-32(38-17-21-7-6-8-22(36)15-21)41-27(42-33(28)45)10-5-3-2-4-9-24-18-46(44-43-24)25-13-11-23(12-14-25)40-20-50/h6-8,11-15,18-19,26,29-31,47-48H,2-4,9,16-17H2,1H3,(H,37,49)(H,38,41,42)/t26-,29-,30+,31+,35+/m1/s1. The molecule has 4 N–H and O–H groups in total. The molecule has 0 saturated heterocycles. The number of amides is 1. The molecule has 0 bridgehead atoms. The Hall–Kier alpha value is -5.03. The molecule has 2 aliphatic carbocycles. The van der Waals surface area contributed by atoms with Gasteiger partial charge < -0.3 is 25.4 Å². The molecule has 0 unspecified atom stereocenters. The minimum absolute atomic E-state index is 0.269. The second kappa shape index (κ2) is 14.1. The zero-order valence-corrected chi connectivity index (χ0v) is 28.6. The van der Waals surface area contributed by atoms with Gasteiger partial charge in [0.05, 0.1) is 52.3 Å². The summed E-state index contributed by atoms with van der Waals surface area (Å²) in [6, 6.07) is 14.4. The van der Waals surface area contributed by atoms with Crippen molar-refractivity contribution in [2.75, 3.05) is 12.4 Å². The van der Waals surface area contributed by atoms with Crippen LogP contribution in [0.15, 0.2) is 66.0 Å². The minimum atomic E-state index is -1.20. The number of aromatic nitrogens is 7. The number of carbonyl (C=O) groups excluding carboxylic acids is 1. The largest absolute Gasteiger partial charge is 0.389 e. The summed E-state index contributed by atoms with van der Waals surface area (Å²) >= 11 is 10.9. The van der Waals surface area contributed by atoms with Crippen LogP contribution in [-0.2, 0) is 17.8 Å². The third kappa shape index (κ3) is 6.37. The number of fused-ring (bicyclic) bond motifs is 2. The van der Waals surface area contributed by atoms with Crippen LogP contribution in [0.3, 0.4) is 0 Å². The van der Waals surface area contributed by atoms with Crippen molar-refractivity contribution in [1.29, 1.82) is 0 Å². The van der Waals surface area contributed by atoms with Gasteiger partial charge >= 0.3 is 0 Å². The SMILES string of the molecule is CNC(=O)[C@@]12C[C@@H]1[C@@H](n1cnc3c(NCc4cccc(Cl)c4)nc(C#CCCCCc4cn(-c5ccc(N=C=S)cc5)nn4)nc31)[C@H](O)[C@@H]2O. The zero-order chi connectivity index (χ0) is 34.8. The first kappa shape index (κ1) is 33.5. The first-order valence-corrected chi connectivity index (χ1v) is 17.0. The fourth-order valence-electron chi connectivity index (χ4n) is 6.87. The Morgan fingerprint density at radius 2 is 2.02 bits per heavy atom. The highest BCUT2D eigenvalue weighted by Crippen LogP contribution is 2.67. The molecule has 13 nitrogen and oxygen atoms in total. The van der Waals surface area contributed by atoms with Gasteiger partial charge in [-0.2, -0.15) is 4.99 Å². The van der Waals surface area contributed by atoms with Crippen LogP contribution in [0.5, 0.6) is 0 Å². The predicted octanol–water partition coefficient (Wildman–Crippen LogP) is 4.20. The van der Waals surface area contributed by atoms with Gasteiger partial charge in [0.15, 0.2) is 17.0 Å². The molecular weight excluding hydrogens is 676 g/mol. The topological polar surface area (TPSA) is 168 Å². The maximum Gasteiger partial charge on any atom is 0.229 e. The second-order valence-electron chi connectivity index (χ2n) is 12.4. The van der Waals surface area contributed by atoms with Gasteiger partial charge in [-0.3, -0.25) is 4.79 Å². The molecule has 15 heteroatoms. The van der Waals surface area contributed by atoms with Crippen molar-refractivity contribution in [3.8, 4) is 17.5 Å². The second-order valence-corrected chi connectivity index (χ2v) is 13.1. The summed E-state index contributed by atoms with van der Waals surface area (Å²) in [6.45, 7) is 0.428. The number of aryl methyl sites for hydroxylation is 1. The average molecular weight is 709 g/mol.